The van der Waals surface area contributed by atoms with E-state index in [0.717, 1.165) is 36.9 Å². The van der Waals surface area contributed by atoms with Crippen molar-refractivity contribution in [3.63, 3.8) is 0 Å². The van der Waals surface area contributed by atoms with Crippen LogP contribution in [0.3, 0.4) is 0 Å². The molecule has 1 fully saturated rings. The minimum Gasteiger partial charge on any atom is -0.388 e. The van der Waals surface area contributed by atoms with Crippen LogP contribution in [0.15, 0.2) is 24.3 Å². The Bertz CT molecular complexity index is 399. The average molecular weight is 215 g/mol. The van der Waals surface area contributed by atoms with Crippen molar-refractivity contribution < 1.29 is 5.11 Å². The summed E-state index contributed by atoms with van der Waals surface area (Å²) in [7, 11) is 0. The SMILES string of the molecule is C#Cc1cccc(NCC2(O)CCCC2)c1. The highest BCUT2D eigenvalue weighted by Gasteiger charge is 2.30. The average Bonchev–Trinajstić information content (AvgIpc) is 2.75. The number of hydrogen-bond donors (Lipinski definition) is 2. The quantitative estimate of drug-likeness (QED) is 0.759. The van der Waals surface area contributed by atoms with Crippen LogP contribution < -0.4 is 5.32 Å². The van der Waals surface area contributed by atoms with Crippen molar-refractivity contribution in [3.8, 4) is 12.3 Å². The molecule has 0 aliphatic heterocycles. The van der Waals surface area contributed by atoms with Crippen molar-refractivity contribution in [1.82, 2.24) is 0 Å². The Morgan fingerprint density at radius 2 is 2.12 bits per heavy atom. The lowest BCUT2D eigenvalue weighted by Gasteiger charge is -2.23. The summed E-state index contributed by atoms with van der Waals surface area (Å²) in [4.78, 5) is 0. The second kappa shape index (κ2) is 4.59. The van der Waals surface area contributed by atoms with Gasteiger partial charge in [0.25, 0.3) is 0 Å². The summed E-state index contributed by atoms with van der Waals surface area (Å²) in [5.41, 5.74) is 1.32. The van der Waals surface area contributed by atoms with Crippen molar-refractivity contribution in [3.05, 3.63) is 29.8 Å². The van der Waals surface area contributed by atoms with E-state index in [1.54, 1.807) is 0 Å². The highest BCUT2D eigenvalue weighted by Crippen LogP contribution is 2.29. The molecule has 1 saturated carbocycles. The maximum Gasteiger partial charge on any atom is 0.0819 e. The smallest absolute Gasteiger partial charge is 0.0819 e. The maximum absolute atomic E-state index is 10.2. The largest absolute Gasteiger partial charge is 0.388 e. The van der Waals surface area contributed by atoms with Gasteiger partial charge in [-0.15, -0.1) is 6.42 Å². The lowest BCUT2D eigenvalue weighted by Crippen LogP contribution is -2.33. The molecule has 1 aliphatic rings. The van der Waals surface area contributed by atoms with Gasteiger partial charge in [-0.3, -0.25) is 0 Å². The lowest BCUT2D eigenvalue weighted by atomic mass is 10.0. The number of nitrogens with one attached hydrogen (secondary N) is 1. The van der Waals surface area contributed by atoms with Crippen LogP contribution in [-0.4, -0.2) is 17.3 Å². The van der Waals surface area contributed by atoms with Crippen molar-refractivity contribution in [1.29, 1.82) is 0 Å². The maximum atomic E-state index is 10.2. The van der Waals surface area contributed by atoms with Gasteiger partial charge >= 0.3 is 0 Å². The Kier molecular flexibility index (Phi) is 3.17. The highest BCUT2D eigenvalue weighted by molar-refractivity contribution is 5.50. The number of rotatable bonds is 3. The molecule has 0 radical (unpaired) electrons. The Hall–Kier alpha value is -1.46. The first-order valence-corrected chi connectivity index (χ1v) is 5.75. The van der Waals surface area contributed by atoms with Crippen molar-refractivity contribution in [2.45, 2.75) is 31.3 Å². The zero-order chi connectivity index (χ0) is 11.4. The van der Waals surface area contributed by atoms with Gasteiger partial charge in [0, 0.05) is 17.8 Å². The second-order valence-corrected chi connectivity index (χ2v) is 4.51. The molecule has 1 aromatic carbocycles. The molecule has 1 aromatic rings. The van der Waals surface area contributed by atoms with Gasteiger partial charge in [0.2, 0.25) is 0 Å². The van der Waals surface area contributed by atoms with Gasteiger partial charge in [-0.1, -0.05) is 24.8 Å². The fraction of sp³-hybridized carbons (Fsp3) is 0.429. The summed E-state index contributed by atoms with van der Waals surface area (Å²) in [6, 6.07) is 7.73. The van der Waals surface area contributed by atoms with Crippen LogP contribution in [0.1, 0.15) is 31.2 Å². The predicted molar refractivity (Wildman–Crippen MR) is 66.3 cm³/mol. The number of hydrogen-bond acceptors (Lipinski definition) is 2. The fourth-order valence-corrected chi connectivity index (χ4v) is 2.20. The molecule has 2 rings (SSSR count). The van der Waals surface area contributed by atoms with E-state index in [-0.39, 0.29) is 0 Å². The lowest BCUT2D eigenvalue weighted by molar-refractivity contribution is 0.0615. The number of benzene rings is 1. The molecule has 2 heteroatoms. The minimum absolute atomic E-state index is 0.522. The molecule has 0 aromatic heterocycles. The first-order valence-electron chi connectivity index (χ1n) is 5.75. The molecule has 0 unspecified atom stereocenters. The molecule has 0 spiro atoms. The van der Waals surface area contributed by atoms with Gasteiger partial charge < -0.3 is 10.4 Å². The molecule has 0 atom stereocenters. The van der Waals surface area contributed by atoms with Crippen LogP contribution in [0.4, 0.5) is 5.69 Å². The monoisotopic (exact) mass is 215 g/mol. The molecule has 1 aliphatic carbocycles. The zero-order valence-corrected chi connectivity index (χ0v) is 9.37. The van der Waals surface area contributed by atoms with E-state index in [1.807, 2.05) is 24.3 Å². The molecule has 16 heavy (non-hydrogen) atoms. The van der Waals surface area contributed by atoms with E-state index in [1.165, 1.54) is 0 Å². The zero-order valence-electron chi connectivity index (χ0n) is 9.37. The highest BCUT2D eigenvalue weighted by atomic mass is 16.3. The molecule has 0 amide bonds. The van der Waals surface area contributed by atoms with Crippen LogP contribution in [0.5, 0.6) is 0 Å². The van der Waals surface area contributed by atoms with Crippen LogP contribution in [0, 0.1) is 12.3 Å². The third-order valence-electron chi connectivity index (χ3n) is 3.19. The van der Waals surface area contributed by atoms with E-state index in [4.69, 9.17) is 6.42 Å². The van der Waals surface area contributed by atoms with Gasteiger partial charge in [-0.05, 0) is 31.0 Å². The van der Waals surface area contributed by atoms with E-state index >= 15 is 0 Å². The van der Waals surface area contributed by atoms with E-state index < -0.39 is 5.60 Å². The van der Waals surface area contributed by atoms with Crippen LogP contribution >= 0.6 is 0 Å². The van der Waals surface area contributed by atoms with Gasteiger partial charge in [-0.25, -0.2) is 0 Å². The fourth-order valence-electron chi connectivity index (χ4n) is 2.20. The predicted octanol–water partition coefficient (Wildman–Crippen LogP) is 2.38. The van der Waals surface area contributed by atoms with Crippen LogP contribution in [0.2, 0.25) is 0 Å². The Labute approximate surface area is 96.7 Å². The van der Waals surface area contributed by atoms with Crippen LogP contribution in [0.25, 0.3) is 0 Å². The normalized spacial score (nSPS) is 18.0. The Morgan fingerprint density at radius 3 is 2.81 bits per heavy atom. The third kappa shape index (κ3) is 2.56. The van der Waals surface area contributed by atoms with Gasteiger partial charge in [0.05, 0.1) is 5.60 Å². The summed E-state index contributed by atoms with van der Waals surface area (Å²) >= 11 is 0. The molecule has 84 valence electrons. The first-order chi connectivity index (χ1) is 7.72. The molecule has 0 bridgehead atoms. The second-order valence-electron chi connectivity index (χ2n) is 4.51. The molecule has 0 saturated heterocycles. The van der Waals surface area contributed by atoms with E-state index in [9.17, 15) is 5.11 Å². The van der Waals surface area contributed by atoms with Gasteiger partial charge in [0.1, 0.15) is 0 Å². The summed E-state index contributed by atoms with van der Waals surface area (Å²) < 4.78 is 0. The summed E-state index contributed by atoms with van der Waals surface area (Å²) in [6.07, 6.45) is 9.39. The summed E-state index contributed by atoms with van der Waals surface area (Å²) in [5.74, 6) is 2.60. The minimum atomic E-state index is -0.522. The number of anilines is 1. The molecule has 2 nitrogen and oxygen atoms in total. The first kappa shape index (κ1) is 11.0. The summed E-state index contributed by atoms with van der Waals surface area (Å²) in [6.45, 7) is 0.612. The van der Waals surface area contributed by atoms with Gasteiger partial charge in [-0.2, -0.15) is 0 Å². The molecular formula is C14H17NO. The van der Waals surface area contributed by atoms with Crippen molar-refractivity contribution >= 4 is 5.69 Å². The topological polar surface area (TPSA) is 32.3 Å². The Morgan fingerprint density at radius 1 is 1.38 bits per heavy atom. The molecule has 2 N–H and O–H groups in total. The molecule has 0 heterocycles. The summed E-state index contributed by atoms with van der Waals surface area (Å²) in [5, 5.41) is 13.4. The van der Waals surface area contributed by atoms with Crippen LogP contribution in [-0.2, 0) is 0 Å². The molecular weight excluding hydrogens is 198 g/mol. The number of aliphatic hydroxyl groups is 1. The Balaban J connectivity index is 1.96. The van der Waals surface area contributed by atoms with E-state index in [0.29, 0.717) is 6.54 Å². The van der Waals surface area contributed by atoms with E-state index in [2.05, 4.69) is 11.2 Å². The van der Waals surface area contributed by atoms with Crippen molar-refractivity contribution in [2.24, 2.45) is 0 Å². The number of terminal acetylenes is 1. The standard InChI is InChI=1S/C14H17NO/c1-2-12-6-5-7-13(10-12)15-11-14(16)8-3-4-9-14/h1,5-7,10,15-16H,3-4,8-9,11H2. The van der Waals surface area contributed by atoms with Crippen molar-refractivity contribution in [2.75, 3.05) is 11.9 Å². The van der Waals surface area contributed by atoms with Gasteiger partial charge in [0.15, 0.2) is 0 Å². The third-order valence-corrected chi connectivity index (χ3v) is 3.19.